The molecule has 0 spiro atoms. The quantitative estimate of drug-likeness (QED) is 0.496. The van der Waals surface area contributed by atoms with E-state index in [0.29, 0.717) is 37.2 Å². The summed E-state index contributed by atoms with van der Waals surface area (Å²) < 4.78 is 17.6. The third-order valence-electron chi connectivity index (χ3n) is 8.19. The zero-order valence-corrected chi connectivity index (χ0v) is 22.3. The largest absolute Gasteiger partial charge is 0.491 e. The number of amides is 1. The van der Waals surface area contributed by atoms with Crippen molar-refractivity contribution >= 4 is 17.4 Å². The van der Waals surface area contributed by atoms with Crippen LogP contribution in [0.5, 0.6) is 5.75 Å². The molecule has 0 radical (unpaired) electrons. The van der Waals surface area contributed by atoms with Crippen LogP contribution < -0.4 is 15.0 Å². The number of hydrogen-bond acceptors (Lipinski definition) is 7. The molecular weight excluding hydrogens is 494 g/mol. The van der Waals surface area contributed by atoms with E-state index in [1.165, 1.54) is 5.69 Å². The van der Waals surface area contributed by atoms with E-state index in [2.05, 4.69) is 34.4 Å². The highest BCUT2D eigenvalue weighted by molar-refractivity contribution is 5.96. The lowest BCUT2D eigenvalue weighted by Crippen LogP contribution is -2.44. The molecule has 3 unspecified atom stereocenters. The molecule has 4 atom stereocenters. The van der Waals surface area contributed by atoms with Gasteiger partial charge in [-0.1, -0.05) is 42.4 Å². The molecule has 3 aromatic rings. The molecule has 2 bridgehead atoms. The molecule has 3 aliphatic heterocycles. The van der Waals surface area contributed by atoms with Crippen LogP contribution in [0.15, 0.2) is 59.1 Å². The number of anilines is 1. The number of Topliss-reactive ketones (excluding diaryl/α,β-unsaturated/α-hetero) is 1. The highest BCUT2D eigenvalue weighted by atomic mass is 16.5. The summed E-state index contributed by atoms with van der Waals surface area (Å²) in [5.74, 6) is 1.10. The highest BCUT2D eigenvalue weighted by Gasteiger charge is 2.34. The lowest BCUT2D eigenvalue weighted by molar-refractivity contribution is -0.121. The molecule has 1 amide bonds. The van der Waals surface area contributed by atoms with Gasteiger partial charge in [0.05, 0.1) is 12.2 Å². The maximum absolute atomic E-state index is 13.2. The van der Waals surface area contributed by atoms with Crippen molar-refractivity contribution in [3.63, 3.8) is 0 Å². The molecule has 39 heavy (non-hydrogen) atoms. The van der Waals surface area contributed by atoms with E-state index in [4.69, 9.17) is 14.0 Å². The van der Waals surface area contributed by atoms with Crippen molar-refractivity contribution in [1.29, 1.82) is 0 Å². The van der Waals surface area contributed by atoms with Crippen LogP contribution in [-0.4, -0.2) is 54.8 Å². The minimum Gasteiger partial charge on any atom is -0.491 e. The van der Waals surface area contributed by atoms with Gasteiger partial charge in [0.2, 0.25) is 0 Å². The zero-order chi connectivity index (χ0) is 26.8. The first-order valence-electron chi connectivity index (χ1n) is 14.1. The van der Waals surface area contributed by atoms with Crippen LogP contribution in [0, 0.1) is 0 Å². The maximum Gasteiger partial charge on any atom is 0.274 e. The van der Waals surface area contributed by atoms with Gasteiger partial charge in [-0.25, -0.2) is 0 Å². The Kier molecular flexibility index (Phi) is 7.37. The topological polar surface area (TPSA) is 93.9 Å². The van der Waals surface area contributed by atoms with E-state index in [9.17, 15) is 9.59 Å². The maximum atomic E-state index is 13.2. The Labute approximate surface area is 228 Å². The molecule has 204 valence electrons. The molecule has 1 aromatic heterocycles. The van der Waals surface area contributed by atoms with E-state index in [0.717, 1.165) is 49.2 Å². The number of hydrogen-bond donors (Lipinski definition) is 1. The minimum atomic E-state index is -0.759. The fraction of sp³-hybridized carbons (Fsp3) is 0.452. The van der Waals surface area contributed by atoms with Crippen molar-refractivity contribution < 1.29 is 23.6 Å². The van der Waals surface area contributed by atoms with Crippen molar-refractivity contribution in [1.82, 2.24) is 10.5 Å². The van der Waals surface area contributed by atoms with Gasteiger partial charge in [-0.05, 0) is 60.9 Å². The van der Waals surface area contributed by atoms with E-state index in [-0.39, 0.29) is 24.0 Å². The molecule has 8 heteroatoms. The van der Waals surface area contributed by atoms with Crippen molar-refractivity contribution in [3.05, 3.63) is 77.2 Å². The summed E-state index contributed by atoms with van der Waals surface area (Å²) in [7, 11) is 0. The van der Waals surface area contributed by atoms with Gasteiger partial charge in [0.15, 0.2) is 11.5 Å². The first-order chi connectivity index (χ1) is 19.1. The Hall–Kier alpha value is -3.65. The number of carbonyl (C=O) groups excluding carboxylic acids is 2. The van der Waals surface area contributed by atoms with Crippen LogP contribution >= 0.6 is 0 Å². The van der Waals surface area contributed by atoms with Gasteiger partial charge in [-0.3, -0.25) is 9.59 Å². The van der Waals surface area contributed by atoms with E-state index in [1.807, 2.05) is 36.4 Å². The predicted molar refractivity (Wildman–Crippen MR) is 146 cm³/mol. The highest BCUT2D eigenvalue weighted by Crippen LogP contribution is 2.38. The number of fused-ring (bicyclic) bond motifs is 3. The summed E-state index contributed by atoms with van der Waals surface area (Å²) in [4.78, 5) is 28.6. The first kappa shape index (κ1) is 25.6. The number of ketones is 1. The first-order valence-corrected chi connectivity index (χ1v) is 14.1. The fourth-order valence-corrected chi connectivity index (χ4v) is 6.00. The average molecular weight is 530 g/mol. The fourth-order valence-electron chi connectivity index (χ4n) is 6.00. The number of rotatable bonds is 6. The lowest BCUT2D eigenvalue weighted by Gasteiger charge is -2.34. The molecule has 1 N–H and O–H groups in total. The SMILES string of the molecule is CCC1CCC(=O)[C@@H](NC(=O)c2cc(Cc3ccccc3)on2)COc2ccc(N3CC4CCC(C3)O4)cc21. The van der Waals surface area contributed by atoms with Crippen LogP contribution in [0.1, 0.15) is 72.3 Å². The summed E-state index contributed by atoms with van der Waals surface area (Å²) >= 11 is 0. The Balaban J connectivity index is 1.15. The molecule has 6 rings (SSSR count). The van der Waals surface area contributed by atoms with Crippen molar-refractivity contribution in [2.24, 2.45) is 0 Å². The second-order valence-corrected chi connectivity index (χ2v) is 10.9. The third kappa shape index (κ3) is 5.71. The summed E-state index contributed by atoms with van der Waals surface area (Å²) in [6, 6.07) is 17.1. The molecule has 2 fully saturated rings. The standard InChI is InChI=1S/C31H35N3O5/c1-2-21-8-12-29(35)28(32-31(36)27-16-25(39-33-27)14-20-6-4-3-5-7-20)19-37-30-13-9-22(15-26(21)30)34-17-23-10-11-24(18-34)38-23/h3-7,9,13,15-16,21,23-24,28H,2,8,10-12,14,17-19H2,1H3,(H,32,36)/t21?,23?,24?,28-/m0/s1. The predicted octanol–water partition coefficient (Wildman–Crippen LogP) is 4.67. The summed E-state index contributed by atoms with van der Waals surface area (Å²) in [5.41, 5.74) is 3.54. The number of aromatic nitrogens is 1. The van der Waals surface area contributed by atoms with Crippen LogP contribution in [0.25, 0.3) is 0 Å². The molecule has 2 aromatic carbocycles. The Morgan fingerprint density at radius 1 is 1.05 bits per heavy atom. The molecule has 4 heterocycles. The number of carbonyl (C=O) groups is 2. The number of nitrogens with zero attached hydrogens (tertiary/aromatic N) is 2. The lowest BCUT2D eigenvalue weighted by atomic mass is 9.89. The summed E-state index contributed by atoms with van der Waals surface area (Å²) in [6.07, 6.45) is 5.41. The van der Waals surface area contributed by atoms with Crippen molar-refractivity contribution in [3.8, 4) is 5.75 Å². The van der Waals surface area contributed by atoms with Crippen molar-refractivity contribution in [2.45, 2.75) is 69.6 Å². The van der Waals surface area contributed by atoms with Crippen LogP contribution in [0.3, 0.4) is 0 Å². The minimum absolute atomic E-state index is 0.0346. The van der Waals surface area contributed by atoms with Crippen LogP contribution in [0.2, 0.25) is 0 Å². The van der Waals surface area contributed by atoms with Crippen LogP contribution in [0.4, 0.5) is 5.69 Å². The molecule has 2 saturated heterocycles. The smallest absolute Gasteiger partial charge is 0.274 e. The van der Waals surface area contributed by atoms with Gasteiger partial charge in [0, 0.05) is 37.7 Å². The van der Waals surface area contributed by atoms with Gasteiger partial charge in [-0.15, -0.1) is 0 Å². The second kappa shape index (κ2) is 11.2. The van der Waals surface area contributed by atoms with Crippen LogP contribution in [-0.2, 0) is 16.0 Å². The Bertz CT molecular complexity index is 1310. The normalized spacial score (nSPS) is 24.7. The van der Waals surface area contributed by atoms with Gasteiger partial charge in [0.25, 0.3) is 5.91 Å². The monoisotopic (exact) mass is 529 g/mol. The number of ether oxygens (including phenoxy) is 2. The molecule has 8 nitrogen and oxygen atoms in total. The Morgan fingerprint density at radius 2 is 1.85 bits per heavy atom. The van der Waals surface area contributed by atoms with Gasteiger partial charge >= 0.3 is 0 Å². The van der Waals surface area contributed by atoms with Gasteiger partial charge < -0.3 is 24.2 Å². The summed E-state index contributed by atoms with van der Waals surface area (Å²) in [5, 5.41) is 6.78. The van der Waals surface area contributed by atoms with Crippen molar-refractivity contribution in [2.75, 3.05) is 24.6 Å². The molecule has 0 aliphatic carbocycles. The van der Waals surface area contributed by atoms with Gasteiger partial charge in [0.1, 0.15) is 24.2 Å². The van der Waals surface area contributed by atoms with E-state index < -0.39 is 11.9 Å². The number of morpholine rings is 1. The zero-order valence-electron chi connectivity index (χ0n) is 22.3. The average Bonchev–Trinajstić information content (AvgIpc) is 3.57. The number of benzene rings is 2. The number of nitrogens with one attached hydrogen (secondary N) is 1. The summed E-state index contributed by atoms with van der Waals surface area (Å²) in [6.45, 7) is 4.04. The Morgan fingerprint density at radius 3 is 2.62 bits per heavy atom. The third-order valence-corrected chi connectivity index (χ3v) is 8.19. The molecule has 0 saturated carbocycles. The molecular formula is C31H35N3O5. The van der Waals surface area contributed by atoms with E-state index in [1.54, 1.807) is 6.07 Å². The second-order valence-electron chi connectivity index (χ2n) is 10.9. The van der Waals surface area contributed by atoms with E-state index >= 15 is 0 Å². The molecule has 3 aliphatic rings. The van der Waals surface area contributed by atoms with Gasteiger partial charge in [-0.2, -0.15) is 0 Å².